The zero-order valence-electron chi connectivity index (χ0n) is 17.7. The van der Waals surface area contributed by atoms with Gasteiger partial charge >= 0.3 is 4.87 Å². The molecule has 5 rings (SSSR count). The number of carbonyl (C=O) groups is 2. The van der Waals surface area contributed by atoms with E-state index in [2.05, 4.69) is 25.8 Å². The normalized spacial score (nSPS) is 22.8. The molecular weight excluding hydrogens is 447 g/mol. The summed E-state index contributed by atoms with van der Waals surface area (Å²) in [6.07, 6.45) is 0. The van der Waals surface area contributed by atoms with E-state index in [-0.39, 0.29) is 22.1 Å². The number of benzene rings is 2. The molecule has 3 heterocycles. The van der Waals surface area contributed by atoms with Crippen LogP contribution in [0.1, 0.15) is 42.7 Å². The molecule has 3 atom stereocenters. The number of nitrogens with zero attached hydrogens (tertiary/aromatic N) is 1. The Morgan fingerprint density at radius 2 is 1.59 bits per heavy atom. The number of fused-ring (bicyclic) bond motifs is 2. The number of carbonyl (C=O) groups excluding carboxylic acids is 2. The number of aromatic nitrogens is 1. The van der Waals surface area contributed by atoms with E-state index >= 15 is 0 Å². The molecule has 1 fully saturated rings. The van der Waals surface area contributed by atoms with Gasteiger partial charge in [-0.2, -0.15) is 0 Å². The molecule has 0 radical (unpaired) electrons. The van der Waals surface area contributed by atoms with Crippen LogP contribution in [-0.4, -0.2) is 22.0 Å². The van der Waals surface area contributed by atoms with Crippen molar-refractivity contribution in [3.05, 3.63) is 80.0 Å². The van der Waals surface area contributed by atoms with Gasteiger partial charge in [0.05, 0.1) is 16.6 Å². The number of thioether (sulfide) groups is 1. The predicted octanol–water partition coefficient (Wildman–Crippen LogP) is 4.67. The molecule has 8 heteroatoms. The molecule has 1 N–H and O–H groups in total. The van der Waals surface area contributed by atoms with Gasteiger partial charge in [0.25, 0.3) is 0 Å². The van der Waals surface area contributed by atoms with Crippen LogP contribution >= 0.6 is 23.1 Å². The van der Waals surface area contributed by atoms with Crippen molar-refractivity contribution in [2.45, 2.75) is 42.4 Å². The molecule has 0 unspecified atom stereocenters. The smallest absolute Gasteiger partial charge is 0.305 e. The van der Waals surface area contributed by atoms with Crippen molar-refractivity contribution in [2.75, 3.05) is 4.90 Å². The second-order valence-corrected chi connectivity index (χ2v) is 11.3. The highest BCUT2D eigenvalue weighted by Gasteiger charge is 2.56. The molecular formula is C24H21FN2O3S2. The minimum atomic E-state index is -0.655. The number of H-pyrrole nitrogens is 1. The summed E-state index contributed by atoms with van der Waals surface area (Å²) in [5, 5.41) is -0.00847. The highest BCUT2D eigenvalue weighted by atomic mass is 32.2. The highest BCUT2D eigenvalue weighted by Crippen LogP contribution is 2.53. The Morgan fingerprint density at radius 3 is 2.22 bits per heavy atom. The summed E-state index contributed by atoms with van der Waals surface area (Å²) in [5.74, 6) is -2.15. The monoisotopic (exact) mass is 468 g/mol. The summed E-state index contributed by atoms with van der Waals surface area (Å²) in [4.78, 5) is 43.6. The van der Waals surface area contributed by atoms with Gasteiger partial charge in [-0.15, -0.1) is 0 Å². The standard InChI is InChI=1S/C24H21FN2O3S2/c1-24(2,3)13-6-4-12(5-7-13)16-17-19(31-20-18(16)32-23(30)26-20)22(29)27(21(17)28)15-10-8-14(25)9-11-15/h4-11,16-17,19H,1-3H3,(H,26,30)/t16-,17-,19+/m0/s1. The van der Waals surface area contributed by atoms with Crippen molar-refractivity contribution in [3.8, 4) is 0 Å². The molecule has 32 heavy (non-hydrogen) atoms. The van der Waals surface area contributed by atoms with E-state index in [4.69, 9.17) is 0 Å². The maximum absolute atomic E-state index is 13.6. The van der Waals surface area contributed by atoms with Crippen LogP contribution in [0.2, 0.25) is 0 Å². The van der Waals surface area contributed by atoms with E-state index in [1.54, 1.807) is 0 Å². The van der Waals surface area contributed by atoms with Crippen LogP contribution in [0, 0.1) is 11.7 Å². The number of rotatable bonds is 2. The van der Waals surface area contributed by atoms with Crippen molar-refractivity contribution >= 4 is 40.6 Å². The van der Waals surface area contributed by atoms with Crippen molar-refractivity contribution in [2.24, 2.45) is 5.92 Å². The van der Waals surface area contributed by atoms with Gasteiger partial charge in [-0.25, -0.2) is 9.29 Å². The summed E-state index contributed by atoms with van der Waals surface area (Å²) in [7, 11) is 0. The number of thiazole rings is 1. The van der Waals surface area contributed by atoms with Crippen LogP contribution in [0.25, 0.3) is 0 Å². The number of halogens is 1. The maximum Gasteiger partial charge on any atom is 0.305 e. The lowest BCUT2D eigenvalue weighted by Crippen LogP contribution is -2.32. The molecule has 164 valence electrons. The molecule has 2 aromatic carbocycles. The van der Waals surface area contributed by atoms with Crippen LogP contribution in [-0.2, 0) is 15.0 Å². The first-order valence-corrected chi connectivity index (χ1v) is 12.0. The molecule has 2 aliphatic heterocycles. The number of hydrogen-bond acceptors (Lipinski definition) is 5. The SMILES string of the molecule is CC(C)(C)c1ccc([C@@H]2c3sc(=O)[nH]c3S[C@H]3C(=O)N(c4ccc(F)cc4)C(=O)[C@@H]23)cc1. The van der Waals surface area contributed by atoms with E-state index in [1.165, 1.54) is 36.0 Å². The van der Waals surface area contributed by atoms with Gasteiger partial charge in [0, 0.05) is 10.8 Å². The summed E-state index contributed by atoms with van der Waals surface area (Å²) in [6, 6.07) is 13.4. The largest absolute Gasteiger partial charge is 0.307 e. The first kappa shape index (κ1) is 21.2. The third-order valence-corrected chi connectivity index (χ3v) is 8.45. The average Bonchev–Trinajstić information content (AvgIpc) is 3.23. The lowest BCUT2D eigenvalue weighted by atomic mass is 9.81. The number of hydrogen-bond donors (Lipinski definition) is 1. The van der Waals surface area contributed by atoms with Crippen LogP contribution in [0.4, 0.5) is 10.1 Å². The van der Waals surface area contributed by atoms with Gasteiger partial charge < -0.3 is 4.98 Å². The molecule has 1 saturated heterocycles. The zero-order chi connectivity index (χ0) is 22.8. The zero-order valence-corrected chi connectivity index (χ0v) is 19.4. The van der Waals surface area contributed by atoms with Crippen LogP contribution in [0.5, 0.6) is 0 Å². The second kappa shape index (κ2) is 7.42. The first-order chi connectivity index (χ1) is 15.1. The molecule has 0 aliphatic carbocycles. The third kappa shape index (κ3) is 3.33. The van der Waals surface area contributed by atoms with Gasteiger partial charge in [0.1, 0.15) is 11.1 Å². The molecule has 0 saturated carbocycles. The maximum atomic E-state index is 13.6. The van der Waals surface area contributed by atoms with Crippen LogP contribution in [0.15, 0.2) is 58.4 Å². The van der Waals surface area contributed by atoms with Gasteiger partial charge in [-0.05, 0) is 40.8 Å². The number of amides is 2. The number of imide groups is 1. The Morgan fingerprint density at radius 1 is 0.938 bits per heavy atom. The molecule has 0 spiro atoms. The van der Waals surface area contributed by atoms with Gasteiger partial charge in [0.2, 0.25) is 11.8 Å². The minimum Gasteiger partial charge on any atom is -0.307 e. The quantitative estimate of drug-likeness (QED) is 0.555. The third-order valence-electron chi connectivity index (χ3n) is 6.04. The van der Waals surface area contributed by atoms with E-state index in [1.807, 2.05) is 24.3 Å². The number of anilines is 1. The van der Waals surface area contributed by atoms with Gasteiger partial charge in [-0.3, -0.25) is 14.4 Å². The second-order valence-electron chi connectivity index (χ2n) is 9.11. The lowest BCUT2D eigenvalue weighted by molar-refractivity contribution is -0.122. The van der Waals surface area contributed by atoms with E-state index < -0.39 is 22.9 Å². The summed E-state index contributed by atoms with van der Waals surface area (Å²) in [6.45, 7) is 6.39. The Hall–Kier alpha value is -2.71. The fourth-order valence-electron chi connectivity index (χ4n) is 4.41. The first-order valence-electron chi connectivity index (χ1n) is 10.3. The predicted molar refractivity (Wildman–Crippen MR) is 124 cm³/mol. The fourth-order valence-corrected chi connectivity index (χ4v) is 6.93. The van der Waals surface area contributed by atoms with Gasteiger partial charge in [-0.1, -0.05) is 68.1 Å². The van der Waals surface area contributed by atoms with Crippen molar-refractivity contribution < 1.29 is 14.0 Å². The number of aromatic amines is 1. The summed E-state index contributed by atoms with van der Waals surface area (Å²) < 4.78 is 13.4. The van der Waals surface area contributed by atoms with E-state index in [0.717, 1.165) is 32.2 Å². The van der Waals surface area contributed by atoms with Crippen molar-refractivity contribution in [3.63, 3.8) is 0 Å². The van der Waals surface area contributed by atoms with E-state index in [9.17, 15) is 18.8 Å². The van der Waals surface area contributed by atoms with E-state index in [0.29, 0.717) is 10.7 Å². The Bertz CT molecular complexity index is 1270. The molecule has 5 nitrogen and oxygen atoms in total. The molecule has 2 aliphatic rings. The molecule has 0 bridgehead atoms. The Labute approximate surface area is 192 Å². The molecule has 3 aromatic rings. The average molecular weight is 469 g/mol. The topological polar surface area (TPSA) is 70.2 Å². The summed E-state index contributed by atoms with van der Waals surface area (Å²) in [5.41, 5.74) is 2.39. The lowest BCUT2D eigenvalue weighted by Gasteiger charge is -2.30. The van der Waals surface area contributed by atoms with Crippen molar-refractivity contribution in [1.29, 1.82) is 0 Å². The minimum absolute atomic E-state index is 0.0218. The van der Waals surface area contributed by atoms with Crippen LogP contribution < -0.4 is 9.77 Å². The van der Waals surface area contributed by atoms with Gasteiger partial charge in [0.15, 0.2) is 0 Å². The Kier molecular flexibility index (Phi) is 4.90. The highest BCUT2D eigenvalue weighted by molar-refractivity contribution is 8.00. The molecule has 1 aromatic heterocycles. The van der Waals surface area contributed by atoms with Crippen LogP contribution in [0.3, 0.4) is 0 Å². The fraction of sp³-hybridized carbons (Fsp3) is 0.292. The molecule has 2 amide bonds. The van der Waals surface area contributed by atoms with Crippen molar-refractivity contribution in [1.82, 2.24) is 4.98 Å². The number of nitrogens with one attached hydrogen (secondary N) is 1. The Balaban J connectivity index is 1.61. The summed E-state index contributed by atoms with van der Waals surface area (Å²) >= 11 is 2.33.